The lowest BCUT2D eigenvalue weighted by atomic mass is 10.0. The highest BCUT2D eigenvalue weighted by Gasteiger charge is 2.22. The van der Waals surface area contributed by atoms with Crippen molar-refractivity contribution in [3.8, 4) is 28.4 Å². The van der Waals surface area contributed by atoms with E-state index in [1.54, 1.807) is 36.4 Å². The van der Waals surface area contributed by atoms with Crippen molar-refractivity contribution in [1.29, 1.82) is 0 Å². The van der Waals surface area contributed by atoms with Crippen LogP contribution in [0.15, 0.2) is 59.5 Å². The summed E-state index contributed by atoms with van der Waals surface area (Å²) in [5, 5.41) is 9.41. The lowest BCUT2D eigenvalue weighted by Crippen LogP contribution is -2.09. The minimum absolute atomic E-state index is 0.191. The molecular weight excluding hydrogens is 453 g/mol. The third kappa shape index (κ3) is 4.62. The fraction of sp³-hybridized carbons (Fsp3) is 0.0500. The summed E-state index contributed by atoms with van der Waals surface area (Å²) in [7, 11) is 2.47. The second kappa shape index (κ2) is 8.43. The Bertz CT molecular complexity index is 1230. The average molecular weight is 468 g/mol. The van der Waals surface area contributed by atoms with Gasteiger partial charge < -0.3 is 20.3 Å². The van der Waals surface area contributed by atoms with Crippen LogP contribution in [0.5, 0.6) is 17.2 Å². The fourth-order valence-corrected chi connectivity index (χ4v) is 3.91. The standard InChI is InChI=1S/C20H15Cl2NO6S/c1-28-17-7-4-12(9-16(17)23)11-2-5-14(6-3-11)29-20(25)13-8-15(21)19(24)18(10-13)30(22,26)27/h2-10,24H,23H2,1H3. The monoisotopic (exact) mass is 467 g/mol. The molecule has 156 valence electrons. The minimum Gasteiger partial charge on any atom is -0.505 e. The number of nitrogen functional groups attached to an aromatic ring is 1. The number of ether oxygens (including phenoxy) is 2. The molecule has 0 fully saturated rings. The second-order valence-electron chi connectivity index (χ2n) is 6.11. The quantitative estimate of drug-likeness (QED) is 0.246. The van der Waals surface area contributed by atoms with Crippen LogP contribution in [0.3, 0.4) is 0 Å². The molecule has 0 aromatic heterocycles. The molecule has 0 bridgehead atoms. The predicted octanol–water partition coefficient (Wildman–Crippen LogP) is 4.45. The topological polar surface area (TPSA) is 116 Å². The molecule has 0 atom stereocenters. The van der Waals surface area contributed by atoms with Crippen molar-refractivity contribution in [2.24, 2.45) is 0 Å². The van der Waals surface area contributed by atoms with Crippen molar-refractivity contribution in [3.63, 3.8) is 0 Å². The fourth-order valence-electron chi connectivity index (χ4n) is 2.67. The molecule has 0 saturated heterocycles. The second-order valence-corrected chi connectivity index (χ2v) is 9.05. The molecule has 0 heterocycles. The van der Waals surface area contributed by atoms with Gasteiger partial charge in [-0.1, -0.05) is 29.8 Å². The van der Waals surface area contributed by atoms with Crippen molar-refractivity contribution < 1.29 is 27.8 Å². The number of phenols is 1. The molecule has 0 radical (unpaired) electrons. The molecule has 3 rings (SSSR count). The summed E-state index contributed by atoms with van der Waals surface area (Å²) in [4.78, 5) is 11.7. The maximum Gasteiger partial charge on any atom is 0.343 e. The molecule has 0 aliphatic carbocycles. The van der Waals surface area contributed by atoms with E-state index in [9.17, 15) is 18.3 Å². The highest BCUT2D eigenvalue weighted by molar-refractivity contribution is 8.13. The Kier molecular flexibility index (Phi) is 6.12. The maximum absolute atomic E-state index is 12.4. The number of anilines is 1. The number of halogens is 2. The van der Waals surface area contributed by atoms with Crippen molar-refractivity contribution in [1.82, 2.24) is 0 Å². The smallest absolute Gasteiger partial charge is 0.343 e. The zero-order valence-electron chi connectivity index (χ0n) is 15.4. The summed E-state index contributed by atoms with van der Waals surface area (Å²) in [5.41, 5.74) is 7.88. The highest BCUT2D eigenvalue weighted by atomic mass is 35.7. The first-order valence-corrected chi connectivity index (χ1v) is 11.0. The molecule has 0 aliphatic rings. The summed E-state index contributed by atoms with van der Waals surface area (Å²) < 4.78 is 33.5. The zero-order chi connectivity index (χ0) is 22.1. The van der Waals surface area contributed by atoms with Crippen LogP contribution in [0.1, 0.15) is 10.4 Å². The van der Waals surface area contributed by atoms with Crippen molar-refractivity contribution >= 4 is 43.0 Å². The number of aromatic hydroxyl groups is 1. The van der Waals surface area contributed by atoms with Crippen LogP contribution in [0.25, 0.3) is 11.1 Å². The first-order chi connectivity index (χ1) is 14.1. The third-order valence-electron chi connectivity index (χ3n) is 4.15. The van der Waals surface area contributed by atoms with E-state index < -0.39 is 25.7 Å². The van der Waals surface area contributed by atoms with Gasteiger partial charge in [0.25, 0.3) is 9.05 Å². The number of esters is 1. The molecule has 7 nitrogen and oxygen atoms in total. The molecule has 3 aromatic rings. The largest absolute Gasteiger partial charge is 0.505 e. The van der Waals surface area contributed by atoms with Crippen molar-refractivity contribution in [3.05, 3.63) is 65.2 Å². The highest BCUT2D eigenvalue weighted by Crippen LogP contribution is 2.35. The van der Waals surface area contributed by atoms with Crippen LogP contribution < -0.4 is 15.2 Å². The number of phenolic OH excluding ortho intramolecular Hbond substituents is 1. The Balaban J connectivity index is 1.83. The molecule has 0 spiro atoms. The van der Waals surface area contributed by atoms with E-state index in [1.165, 1.54) is 7.11 Å². The Labute approximate surface area is 182 Å². The van der Waals surface area contributed by atoms with Crippen molar-refractivity contribution in [2.75, 3.05) is 12.8 Å². The van der Waals surface area contributed by atoms with Gasteiger partial charge >= 0.3 is 5.97 Å². The van der Waals surface area contributed by atoms with Gasteiger partial charge in [0.1, 0.15) is 16.4 Å². The molecule has 3 aromatic carbocycles. The van der Waals surface area contributed by atoms with Gasteiger partial charge in [-0.2, -0.15) is 0 Å². The molecule has 0 amide bonds. The van der Waals surface area contributed by atoms with E-state index in [0.29, 0.717) is 11.4 Å². The molecule has 0 saturated carbocycles. The summed E-state index contributed by atoms with van der Waals surface area (Å²) in [6.07, 6.45) is 0. The van der Waals surface area contributed by atoms with Crippen LogP contribution in [0.2, 0.25) is 5.02 Å². The number of nitrogens with two attached hydrogens (primary N) is 1. The Morgan fingerprint density at radius 1 is 1.03 bits per heavy atom. The van der Waals surface area contributed by atoms with Crippen LogP contribution >= 0.6 is 22.3 Å². The van der Waals surface area contributed by atoms with E-state index in [-0.39, 0.29) is 16.3 Å². The number of carbonyl (C=O) groups is 1. The first kappa shape index (κ1) is 21.8. The van der Waals surface area contributed by atoms with Crippen LogP contribution in [0, 0.1) is 0 Å². The lowest BCUT2D eigenvalue weighted by molar-refractivity contribution is 0.0734. The average Bonchev–Trinajstić information content (AvgIpc) is 2.69. The van der Waals surface area contributed by atoms with Gasteiger partial charge in [-0.25, -0.2) is 13.2 Å². The van der Waals surface area contributed by atoms with Gasteiger partial charge in [0.05, 0.1) is 23.4 Å². The van der Waals surface area contributed by atoms with Gasteiger partial charge in [0.15, 0.2) is 5.75 Å². The number of hydrogen-bond donors (Lipinski definition) is 2. The van der Waals surface area contributed by atoms with Crippen LogP contribution in [0.4, 0.5) is 5.69 Å². The molecule has 30 heavy (non-hydrogen) atoms. The predicted molar refractivity (Wildman–Crippen MR) is 114 cm³/mol. The lowest BCUT2D eigenvalue weighted by Gasteiger charge is -2.10. The summed E-state index contributed by atoms with van der Waals surface area (Å²) in [5.74, 6) is -0.842. The van der Waals surface area contributed by atoms with Crippen LogP contribution in [-0.4, -0.2) is 26.6 Å². The number of methoxy groups -OCH3 is 1. The number of carbonyl (C=O) groups excluding carboxylic acids is 1. The summed E-state index contributed by atoms with van der Waals surface area (Å²) >= 11 is 5.80. The van der Waals surface area contributed by atoms with E-state index in [0.717, 1.165) is 23.3 Å². The Morgan fingerprint density at radius 3 is 2.23 bits per heavy atom. The SMILES string of the molecule is COc1ccc(-c2ccc(OC(=O)c3cc(Cl)c(O)c(S(=O)(=O)Cl)c3)cc2)cc1N. The third-order valence-corrected chi connectivity index (χ3v) is 5.78. The Morgan fingerprint density at radius 2 is 1.67 bits per heavy atom. The molecular formula is C20H15Cl2NO6S. The maximum atomic E-state index is 12.4. The summed E-state index contributed by atoms with van der Waals surface area (Å²) in [6, 6.07) is 13.9. The van der Waals surface area contributed by atoms with Gasteiger partial charge in [-0.05, 0) is 47.5 Å². The van der Waals surface area contributed by atoms with E-state index >= 15 is 0 Å². The first-order valence-electron chi connectivity index (χ1n) is 8.33. The minimum atomic E-state index is -4.32. The molecule has 10 heteroatoms. The normalized spacial score (nSPS) is 11.2. The zero-order valence-corrected chi connectivity index (χ0v) is 17.8. The molecule has 3 N–H and O–H groups in total. The Hall–Kier alpha value is -2.94. The van der Waals surface area contributed by atoms with E-state index in [4.69, 9.17) is 37.5 Å². The van der Waals surface area contributed by atoms with E-state index in [2.05, 4.69) is 0 Å². The molecule has 0 aliphatic heterocycles. The van der Waals surface area contributed by atoms with Gasteiger partial charge in [-0.3, -0.25) is 0 Å². The van der Waals surface area contributed by atoms with Crippen LogP contribution in [-0.2, 0) is 9.05 Å². The van der Waals surface area contributed by atoms with Gasteiger partial charge in [-0.15, -0.1) is 0 Å². The number of rotatable bonds is 5. The molecule has 0 unspecified atom stereocenters. The number of hydrogen-bond acceptors (Lipinski definition) is 7. The summed E-state index contributed by atoms with van der Waals surface area (Å²) in [6.45, 7) is 0. The van der Waals surface area contributed by atoms with Crippen molar-refractivity contribution in [2.45, 2.75) is 4.90 Å². The van der Waals surface area contributed by atoms with E-state index in [1.807, 2.05) is 6.07 Å². The number of benzene rings is 3. The van der Waals surface area contributed by atoms with Gasteiger partial charge in [0.2, 0.25) is 0 Å². The van der Waals surface area contributed by atoms with Gasteiger partial charge in [0, 0.05) is 10.7 Å².